The molecule has 0 radical (unpaired) electrons. The maximum Gasteiger partial charge on any atom is 0.343 e. The van der Waals surface area contributed by atoms with Gasteiger partial charge in [0.05, 0.1) is 31.1 Å². The van der Waals surface area contributed by atoms with E-state index in [0.29, 0.717) is 34.6 Å². The highest BCUT2D eigenvalue weighted by Crippen LogP contribution is 2.38. The summed E-state index contributed by atoms with van der Waals surface area (Å²) < 4.78 is 15.6. The van der Waals surface area contributed by atoms with Gasteiger partial charge in [-0.1, -0.05) is 12.1 Å². The Morgan fingerprint density at radius 3 is 2.33 bits per heavy atom. The maximum absolute atomic E-state index is 12.6. The van der Waals surface area contributed by atoms with Crippen LogP contribution in [0.2, 0.25) is 0 Å². The molecule has 0 fully saturated rings. The molecule has 2 N–H and O–H groups in total. The van der Waals surface area contributed by atoms with Gasteiger partial charge >= 0.3 is 23.8 Å². The molecule has 0 unspecified atom stereocenters. The Kier molecular flexibility index (Phi) is 8.72. The minimum Gasteiger partial charge on any atom is -0.497 e. The highest BCUT2D eigenvalue weighted by Gasteiger charge is 2.28. The maximum atomic E-state index is 12.6. The van der Waals surface area contributed by atoms with E-state index in [1.165, 1.54) is 25.6 Å². The average Bonchev–Trinajstić information content (AvgIpc) is 3.33. The highest BCUT2D eigenvalue weighted by molar-refractivity contribution is 7.17. The summed E-state index contributed by atoms with van der Waals surface area (Å²) >= 11 is 1.28. The van der Waals surface area contributed by atoms with Crippen LogP contribution in [0, 0.1) is 0 Å². The van der Waals surface area contributed by atoms with Crippen molar-refractivity contribution >= 4 is 45.8 Å². The van der Waals surface area contributed by atoms with Gasteiger partial charge < -0.3 is 19.5 Å². The fraction of sp³-hybridized carbons (Fsp3) is 0.250. The number of amides is 2. The predicted molar refractivity (Wildman–Crippen MR) is 146 cm³/mol. The molecule has 39 heavy (non-hydrogen) atoms. The molecule has 1 heterocycles. The molecule has 3 aromatic rings. The molecule has 0 saturated carbocycles. The summed E-state index contributed by atoms with van der Waals surface area (Å²) in [5, 5.41) is 6.83. The quantitative estimate of drug-likeness (QED) is 0.149. The van der Waals surface area contributed by atoms with Crippen LogP contribution >= 0.6 is 11.3 Å². The van der Waals surface area contributed by atoms with Gasteiger partial charge in [0.25, 0.3) is 0 Å². The van der Waals surface area contributed by atoms with Gasteiger partial charge in [-0.25, -0.2) is 15.0 Å². The summed E-state index contributed by atoms with van der Waals surface area (Å²) in [5.74, 6) is -2.31. The number of thiophene rings is 1. The van der Waals surface area contributed by atoms with E-state index in [1.807, 2.05) is 0 Å². The molecule has 0 saturated heterocycles. The van der Waals surface area contributed by atoms with E-state index >= 15 is 0 Å². The molecular weight excluding hydrogens is 522 g/mol. The predicted octanol–water partition coefficient (Wildman–Crippen LogP) is 4.12. The summed E-state index contributed by atoms with van der Waals surface area (Å²) in [7, 11) is 2.81. The number of carbonyl (C=O) groups excluding carboxylic acids is 4. The number of aryl methyl sites for hydroxylation is 1. The zero-order valence-corrected chi connectivity index (χ0v) is 22.5. The monoisotopic (exact) mass is 549 g/mol. The fourth-order valence-electron chi connectivity index (χ4n) is 4.12. The summed E-state index contributed by atoms with van der Waals surface area (Å²) in [6.45, 7) is 1.60. The number of hydrogen-bond acceptors (Lipinski definition) is 9. The van der Waals surface area contributed by atoms with Crippen LogP contribution in [0.1, 0.15) is 56.5 Å². The standard InChI is InChI=1S/C28H27N3O7S/c1-16(19-8-4-6-10-21(19)38-27(34)17-12-14-18(36-2)15-13-17)30-31-25(33)24(32)29-26-23(28(35)37-3)20-9-5-7-11-22(20)39-26/h4,6,8,10,12-15H,5,7,9,11H2,1-3H3,(H,29,32)(H,31,33)/b30-16+. The van der Waals surface area contributed by atoms with Crippen molar-refractivity contribution in [2.24, 2.45) is 5.10 Å². The van der Waals surface area contributed by atoms with Crippen molar-refractivity contribution in [2.45, 2.75) is 32.6 Å². The number of rotatable bonds is 7. The Hall–Kier alpha value is -4.51. The number of hydrazone groups is 1. The molecule has 1 aromatic heterocycles. The number of nitrogens with zero attached hydrogens (tertiary/aromatic N) is 1. The molecule has 1 aliphatic carbocycles. The van der Waals surface area contributed by atoms with Gasteiger partial charge in [-0.3, -0.25) is 9.59 Å². The first-order chi connectivity index (χ1) is 18.8. The van der Waals surface area contributed by atoms with Gasteiger partial charge in [-0.05, 0) is 74.6 Å². The number of esters is 2. The van der Waals surface area contributed by atoms with Crippen molar-refractivity contribution in [3.05, 3.63) is 75.7 Å². The van der Waals surface area contributed by atoms with Crippen LogP contribution in [0.25, 0.3) is 0 Å². The number of anilines is 1. The molecule has 10 nitrogen and oxygen atoms in total. The number of nitrogens with one attached hydrogen (secondary N) is 2. The number of para-hydroxylation sites is 1. The molecule has 1 aliphatic rings. The molecule has 2 aromatic carbocycles. The zero-order chi connectivity index (χ0) is 27.9. The fourth-order valence-corrected chi connectivity index (χ4v) is 5.39. The second kappa shape index (κ2) is 12.4. The molecule has 0 bridgehead atoms. The van der Waals surface area contributed by atoms with Crippen molar-refractivity contribution in [1.82, 2.24) is 5.43 Å². The zero-order valence-electron chi connectivity index (χ0n) is 21.7. The lowest BCUT2D eigenvalue weighted by atomic mass is 9.95. The molecule has 11 heteroatoms. The van der Waals surface area contributed by atoms with Gasteiger partial charge in [-0.15, -0.1) is 11.3 Å². The number of fused-ring (bicyclic) bond motifs is 1. The molecule has 0 aliphatic heterocycles. The number of carbonyl (C=O) groups is 4. The first-order valence-corrected chi connectivity index (χ1v) is 13.0. The number of benzene rings is 2. The Morgan fingerprint density at radius 1 is 0.897 bits per heavy atom. The van der Waals surface area contributed by atoms with E-state index in [-0.39, 0.29) is 10.8 Å². The van der Waals surface area contributed by atoms with Crippen molar-refractivity contribution in [2.75, 3.05) is 19.5 Å². The van der Waals surface area contributed by atoms with Crippen molar-refractivity contribution in [3.8, 4) is 11.5 Å². The van der Waals surface area contributed by atoms with Crippen LogP contribution in [0.3, 0.4) is 0 Å². The van der Waals surface area contributed by atoms with Crippen molar-refractivity contribution < 1.29 is 33.4 Å². The smallest absolute Gasteiger partial charge is 0.343 e. The Labute approximate surface area is 229 Å². The van der Waals surface area contributed by atoms with E-state index in [1.54, 1.807) is 55.5 Å². The normalized spacial score (nSPS) is 12.6. The second-order valence-electron chi connectivity index (χ2n) is 8.61. The molecule has 202 valence electrons. The van der Waals surface area contributed by atoms with Crippen LogP contribution < -0.4 is 20.2 Å². The third-order valence-electron chi connectivity index (χ3n) is 6.12. The first kappa shape index (κ1) is 27.5. The number of methoxy groups -OCH3 is 2. The third-order valence-corrected chi connectivity index (χ3v) is 7.33. The van der Waals surface area contributed by atoms with E-state index < -0.39 is 23.8 Å². The Balaban J connectivity index is 1.45. The van der Waals surface area contributed by atoms with Gasteiger partial charge in [-0.2, -0.15) is 5.10 Å². The lowest BCUT2D eigenvalue weighted by Crippen LogP contribution is -2.33. The van der Waals surface area contributed by atoms with Crippen LogP contribution in [-0.4, -0.2) is 43.7 Å². The van der Waals surface area contributed by atoms with Gasteiger partial charge in [0.2, 0.25) is 0 Å². The van der Waals surface area contributed by atoms with E-state index in [9.17, 15) is 19.2 Å². The lowest BCUT2D eigenvalue weighted by Gasteiger charge is -2.11. The topological polar surface area (TPSA) is 132 Å². The number of hydrogen-bond donors (Lipinski definition) is 2. The van der Waals surface area contributed by atoms with Crippen LogP contribution in [-0.2, 0) is 27.2 Å². The molecule has 0 spiro atoms. The largest absolute Gasteiger partial charge is 0.497 e. The SMILES string of the molecule is COC(=O)c1c(NC(=O)C(=O)N/N=C(\C)c2ccccc2OC(=O)c2ccc(OC)cc2)sc2c1CCCC2. The van der Waals surface area contributed by atoms with Crippen LogP contribution in [0.15, 0.2) is 53.6 Å². The van der Waals surface area contributed by atoms with Crippen LogP contribution in [0.5, 0.6) is 11.5 Å². The average molecular weight is 550 g/mol. The van der Waals surface area contributed by atoms with E-state index in [0.717, 1.165) is 29.7 Å². The second-order valence-corrected chi connectivity index (χ2v) is 9.72. The molecule has 2 amide bonds. The third kappa shape index (κ3) is 6.32. The molecular formula is C28H27N3O7S. The van der Waals surface area contributed by atoms with E-state index in [4.69, 9.17) is 14.2 Å². The lowest BCUT2D eigenvalue weighted by molar-refractivity contribution is -0.136. The van der Waals surface area contributed by atoms with Crippen molar-refractivity contribution in [1.29, 1.82) is 0 Å². The number of ether oxygens (including phenoxy) is 3. The minimum absolute atomic E-state index is 0.227. The Morgan fingerprint density at radius 2 is 1.62 bits per heavy atom. The van der Waals surface area contributed by atoms with E-state index in [2.05, 4.69) is 15.8 Å². The molecule has 4 rings (SSSR count). The Bertz CT molecular complexity index is 1440. The summed E-state index contributed by atoms with van der Waals surface area (Å²) in [6.07, 6.45) is 3.45. The van der Waals surface area contributed by atoms with Crippen LogP contribution in [0.4, 0.5) is 5.00 Å². The summed E-state index contributed by atoms with van der Waals surface area (Å²) in [6, 6.07) is 13.1. The van der Waals surface area contributed by atoms with Gasteiger partial charge in [0.15, 0.2) is 0 Å². The summed E-state index contributed by atoms with van der Waals surface area (Å²) in [5.41, 5.74) is 4.45. The van der Waals surface area contributed by atoms with Gasteiger partial charge in [0, 0.05) is 10.4 Å². The summed E-state index contributed by atoms with van der Waals surface area (Å²) in [4.78, 5) is 51.2. The first-order valence-electron chi connectivity index (χ1n) is 12.2. The minimum atomic E-state index is -1.02. The molecule has 0 atom stereocenters. The van der Waals surface area contributed by atoms with Crippen molar-refractivity contribution in [3.63, 3.8) is 0 Å². The van der Waals surface area contributed by atoms with Gasteiger partial charge in [0.1, 0.15) is 16.5 Å². The highest BCUT2D eigenvalue weighted by atomic mass is 32.1.